The minimum absolute atomic E-state index is 0.0378. The molecule has 7 heteroatoms. The van der Waals surface area contributed by atoms with Gasteiger partial charge in [-0.2, -0.15) is 0 Å². The average Bonchev–Trinajstić information content (AvgIpc) is 3.29. The van der Waals surface area contributed by atoms with Crippen molar-refractivity contribution in [1.29, 1.82) is 0 Å². The van der Waals surface area contributed by atoms with E-state index in [0.29, 0.717) is 12.1 Å². The summed E-state index contributed by atoms with van der Waals surface area (Å²) in [6, 6.07) is 18.1. The van der Waals surface area contributed by atoms with Crippen molar-refractivity contribution in [3.8, 4) is 11.4 Å². The first-order valence-corrected chi connectivity index (χ1v) is 11.9. The van der Waals surface area contributed by atoms with Gasteiger partial charge < -0.3 is 15.2 Å². The molecule has 1 fully saturated rings. The van der Waals surface area contributed by atoms with Crippen LogP contribution >= 0.6 is 0 Å². The van der Waals surface area contributed by atoms with Crippen LogP contribution in [0.5, 0.6) is 0 Å². The smallest absolute Gasteiger partial charge is 0.253 e. The number of H-pyrrole nitrogens is 1. The predicted molar refractivity (Wildman–Crippen MR) is 136 cm³/mol. The van der Waals surface area contributed by atoms with E-state index < -0.39 is 0 Å². The zero-order valence-electron chi connectivity index (χ0n) is 19.5. The molecule has 1 saturated heterocycles. The van der Waals surface area contributed by atoms with Crippen LogP contribution in [0.15, 0.2) is 67.0 Å². The van der Waals surface area contributed by atoms with Gasteiger partial charge in [0.05, 0.1) is 28.2 Å². The number of aromatic amines is 1. The first-order valence-electron chi connectivity index (χ1n) is 11.9. The van der Waals surface area contributed by atoms with Crippen molar-refractivity contribution < 1.29 is 4.79 Å². The van der Waals surface area contributed by atoms with Crippen LogP contribution in [0.1, 0.15) is 22.5 Å². The number of aromatic nitrogens is 3. The number of pyridine rings is 2. The summed E-state index contributed by atoms with van der Waals surface area (Å²) < 4.78 is 0. The molecule has 7 nitrogen and oxygen atoms in total. The van der Waals surface area contributed by atoms with Gasteiger partial charge in [0.15, 0.2) is 0 Å². The number of nitrogens with one attached hydrogen (secondary N) is 2. The normalized spacial score (nSPS) is 14.4. The molecule has 4 heterocycles. The third kappa shape index (κ3) is 4.79. The SMILES string of the molecule is Cc1[nH]c(-c2ccccn2)cc1C(=O)NCCCN1CCN(c2cccc3cccnc23)CC1. The maximum Gasteiger partial charge on any atom is 0.253 e. The first-order chi connectivity index (χ1) is 16.7. The molecule has 4 aromatic rings. The fourth-order valence-electron chi connectivity index (χ4n) is 4.61. The van der Waals surface area contributed by atoms with Crippen LogP contribution in [0.4, 0.5) is 5.69 Å². The van der Waals surface area contributed by atoms with E-state index in [1.165, 1.54) is 11.1 Å². The summed E-state index contributed by atoms with van der Waals surface area (Å²) in [6.45, 7) is 7.57. The largest absolute Gasteiger partial charge is 0.367 e. The number of benzene rings is 1. The second-order valence-electron chi connectivity index (χ2n) is 8.73. The number of hydrogen-bond donors (Lipinski definition) is 2. The molecule has 0 unspecified atom stereocenters. The molecule has 174 valence electrons. The number of carbonyl (C=O) groups is 1. The lowest BCUT2D eigenvalue weighted by atomic mass is 10.1. The van der Waals surface area contributed by atoms with E-state index >= 15 is 0 Å². The quantitative estimate of drug-likeness (QED) is 0.415. The zero-order chi connectivity index (χ0) is 23.3. The monoisotopic (exact) mass is 454 g/mol. The summed E-state index contributed by atoms with van der Waals surface area (Å²) in [7, 11) is 0. The summed E-state index contributed by atoms with van der Waals surface area (Å²) in [5, 5.41) is 4.26. The number of aryl methyl sites for hydroxylation is 1. The molecular formula is C27H30N6O. The Morgan fingerprint density at radius 2 is 1.82 bits per heavy atom. The van der Waals surface area contributed by atoms with E-state index in [2.05, 4.69) is 54.3 Å². The highest BCUT2D eigenvalue weighted by atomic mass is 16.1. The van der Waals surface area contributed by atoms with Crippen molar-refractivity contribution in [3.05, 3.63) is 78.2 Å². The number of hydrogen-bond acceptors (Lipinski definition) is 5. The van der Waals surface area contributed by atoms with Crippen molar-refractivity contribution in [3.63, 3.8) is 0 Å². The Kier molecular flexibility index (Phi) is 6.53. The average molecular weight is 455 g/mol. The first kappa shape index (κ1) is 22.1. The van der Waals surface area contributed by atoms with Crippen molar-refractivity contribution in [2.45, 2.75) is 13.3 Å². The van der Waals surface area contributed by atoms with Crippen LogP contribution in [-0.4, -0.2) is 65.0 Å². The zero-order valence-corrected chi connectivity index (χ0v) is 19.5. The van der Waals surface area contributed by atoms with Crippen LogP contribution < -0.4 is 10.2 Å². The molecule has 1 amide bonds. The van der Waals surface area contributed by atoms with Crippen LogP contribution in [0.2, 0.25) is 0 Å². The van der Waals surface area contributed by atoms with Gasteiger partial charge in [0, 0.05) is 56.2 Å². The molecule has 3 aromatic heterocycles. The Morgan fingerprint density at radius 3 is 2.65 bits per heavy atom. The minimum atomic E-state index is -0.0378. The fourth-order valence-corrected chi connectivity index (χ4v) is 4.61. The Morgan fingerprint density at radius 1 is 1.00 bits per heavy atom. The molecule has 0 atom stereocenters. The van der Waals surface area contributed by atoms with Crippen LogP contribution in [0, 0.1) is 6.92 Å². The van der Waals surface area contributed by atoms with E-state index in [9.17, 15) is 4.79 Å². The summed E-state index contributed by atoms with van der Waals surface area (Å²) in [5.41, 5.74) is 5.53. The summed E-state index contributed by atoms with van der Waals surface area (Å²) in [4.78, 5) is 29.8. The number of carbonyl (C=O) groups excluding carboxylic acids is 1. The van der Waals surface area contributed by atoms with Crippen LogP contribution in [-0.2, 0) is 0 Å². The van der Waals surface area contributed by atoms with Gasteiger partial charge in [0.1, 0.15) is 0 Å². The number of anilines is 1. The van der Waals surface area contributed by atoms with E-state index in [1.54, 1.807) is 6.20 Å². The number of piperazine rings is 1. The molecular weight excluding hydrogens is 424 g/mol. The van der Waals surface area contributed by atoms with E-state index in [0.717, 1.165) is 61.7 Å². The number of amides is 1. The molecule has 0 spiro atoms. The number of rotatable bonds is 7. The van der Waals surface area contributed by atoms with Gasteiger partial charge in [0.2, 0.25) is 0 Å². The lowest BCUT2D eigenvalue weighted by Gasteiger charge is -2.36. The van der Waals surface area contributed by atoms with Gasteiger partial charge in [-0.05, 0) is 50.2 Å². The number of fused-ring (bicyclic) bond motifs is 1. The van der Waals surface area contributed by atoms with Crippen LogP contribution in [0.3, 0.4) is 0 Å². The fraction of sp³-hybridized carbons (Fsp3) is 0.296. The highest BCUT2D eigenvalue weighted by molar-refractivity contribution is 5.96. The number of para-hydroxylation sites is 1. The molecule has 5 rings (SSSR count). The Balaban J connectivity index is 1.08. The summed E-state index contributed by atoms with van der Waals surface area (Å²) in [6.07, 6.45) is 4.55. The van der Waals surface area contributed by atoms with Crippen LogP contribution in [0.25, 0.3) is 22.3 Å². The van der Waals surface area contributed by atoms with Crippen molar-refractivity contribution in [2.75, 3.05) is 44.2 Å². The van der Waals surface area contributed by atoms with Gasteiger partial charge >= 0.3 is 0 Å². The van der Waals surface area contributed by atoms with Crippen molar-refractivity contribution in [1.82, 2.24) is 25.2 Å². The topological polar surface area (TPSA) is 77.2 Å². The Hall–Kier alpha value is -3.71. The lowest BCUT2D eigenvalue weighted by molar-refractivity contribution is 0.0951. The minimum Gasteiger partial charge on any atom is -0.367 e. The third-order valence-electron chi connectivity index (χ3n) is 6.46. The lowest BCUT2D eigenvalue weighted by Crippen LogP contribution is -2.47. The van der Waals surface area contributed by atoms with Crippen molar-refractivity contribution in [2.24, 2.45) is 0 Å². The maximum absolute atomic E-state index is 12.7. The van der Waals surface area contributed by atoms with E-state index in [-0.39, 0.29) is 5.91 Å². The van der Waals surface area contributed by atoms with E-state index in [1.807, 2.05) is 43.5 Å². The van der Waals surface area contributed by atoms with Gasteiger partial charge in [-0.25, -0.2) is 0 Å². The Labute approximate surface area is 199 Å². The highest BCUT2D eigenvalue weighted by Gasteiger charge is 2.19. The molecule has 0 saturated carbocycles. The van der Waals surface area contributed by atoms with Crippen molar-refractivity contribution >= 4 is 22.5 Å². The molecule has 1 aliphatic heterocycles. The molecule has 0 bridgehead atoms. The van der Waals surface area contributed by atoms with Gasteiger partial charge in [-0.1, -0.05) is 24.3 Å². The summed E-state index contributed by atoms with van der Waals surface area (Å²) in [5.74, 6) is -0.0378. The maximum atomic E-state index is 12.7. The molecule has 0 aliphatic carbocycles. The van der Waals surface area contributed by atoms with Gasteiger partial charge in [-0.3, -0.25) is 19.7 Å². The molecule has 1 aromatic carbocycles. The van der Waals surface area contributed by atoms with E-state index in [4.69, 9.17) is 0 Å². The summed E-state index contributed by atoms with van der Waals surface area (Å²) >= 11 is 0. The van der Waals surface area contributed by atoms with Gasteiger partial charge in [-0.15, -0.1) is 0 Å². The van der Waals surface area contributed by atoms with Gasteiger partial charge in [0.25, 0.3) is 5.91 Å². The Bertz CT molecular complexity index is 1260. The molecule has 0 radical (unpaired) electrons. The molecule has 2 N–H and O–H groups in total. The standard InChI is InChI=1S/C27H30N6O/c1-20-22(19-24(31-20)23-9-2-3-11-28-23)27(34)30-13-6-14-32-15-17-33(18-16-32)25-10-4-7-21-8-5-12-29-26(21)25/h2-5,7-12,19,31H,6,13-18H2,1H3,(H,30,34). The molecule has 1 aliphatic rings. The third-order valence-corrected chi connectivity index (χ3v) is 6.46. The second-order valence-corrected chi connectivity index (χ2v) is 8.73. The number of nitrogens with zero attached hydrogens (tertiary/aromatic N) is 4. The highest BCUT2D eigenvalue weighted by Crippen LogP contribution is 2.25. The molecule has 34 heavy (non-hydrogen) atoms. The predicted octanol–water partition coefficient (Wildman–Crippen LogP) is 3.88. The second kappa shape index (κ2) is 10.1.